The van der Waals surface area contributed by atoms with Crippen molar-refractivity contribution in [3.63, 3.8) is 0 Å². The Morgan fingerprint density at radius 1 is 1.23 bits per heavy atom. The van der Waals surface area contributed by atoms with Gasteiger partial charge in [0.1, 0.15) is 0 Å². The standard InChI is InChI=1S/C24H25N3O3.W/c1-24(2)16-18-14-19-17-29-13-7-6-11-27-12-10-25-22(27)8-4-3-5-9-26-23(28)20(19)15-21(18)30-24;/h3-5,7,9-10,12-15H,6,11,16-17H2,1-2H3,(H,26,28);. The molecule has 0 bridgehead atoms. The van der Waals surface area contributed by atoms with Crippen LogP contribution in [0.4, 0.5) is 0 Å². The molecule has 0 saturated carbocycles. The van der Waals surface area contributed by atoms with Crippen LogP contribution in [0.15, 0.2) is 61.3 Å². The van der Waals surface area contributed by atoms with Gasteiger partial charge in [0.15, 0.2) is 0 Å². The van der Waals surface area contributed by atoms with Crippen LogP contribution in [-0.2, 0) is 43.7 Å². The maximum atomic E-state index is 12.9. The van der Waals surface area contributed by atoms with Crippen LogP contribution in [0.25, 0.3) is 0 Å². The topological polar surface area (TPSA) is 65.4 Å². The van der Waals surface area contributed by atoms with Crippen LogP contribution in [-0.4, -0.2) is 25.0 Å². The van der Waals surface area contributed by atoms with Crippen LogP contribution in [0.5, 0.6) is 5.75 Å². The molecule has 6 nitrogen and oxygen atoms in total. The van der Waals surface area contributed by atoms with E-state index in [-0.39, 0.29) is 11.5 Å². The predicted molar refractivity (Wildman–Crippen MR) is 115 cm³/mol. The summed E-state index contributed by atoms with van der Waals surface area (Å²) in [5.41, 5.74) is 2.25. The molecule has 4 rings (SSSR count). The molecule has 0 spiro atoms. The molecule has 2 aliphatic rings. The Balaban J connectivity index is 1.61. The van der Waals surface area contributed by atoms with Crippen LogP contribution in [0.2, 0.25) is 0 Å². The molecule has 0 aliphatic carbocycles. The molecule has 2 aliphatic heterocycles. The molecule has 160 valence electrons. The Morgan fingerprint density at radius 3 is 2.97 bits per heavy atom. The third kappa shape index (κ3) is 5.13. The van der Waals surface area contributed by atoms with Crippen LogP contribution in [0.3, 0.4) is 0 Å². The third-order valence-electron chi connectivity index (χ3n) is 5.11. The van der Waals surface area contributed by atoms with E-state index in [0.717, 1.165) is 46.0 Å². The Kier molecular flexibility index (Phi) is 6.37. The molecular weight excluding hydrogens is 562 g/mol. The molecule has 1 N–H and O–H groups in total. The van der Waals surface area contributed by atoms with Gasteiger partial charge in [-0.15, -0.1) is 0 Å². The number of carbonyl (C=O) groups is 1. The van der Waals surface area contributed by atoms with Gasteiger partial charge in [0.25, 0.3) is 0 Å². The summed E-state index contributed by atoms with van der Waals surface area (Å²) in [5, 5.41) is 2.85. The van der Waals surface area contributed by atoms with Crippen molar-refractivity contribution in [2.75, 3.05) is 0 Å². The van der Waals surface area contributed by atoms with Crippen molar-refractivity contribution in [3.05, 3.63) is 83.8 Å². The number of carbonyl (C=O) groups excluding carboxylic acids is 1. The number of benzene rings is 1. The van der Waals surface area contributed by atoms with Crippen LogP contribution in [0, 0.1) is 0 Å². The van der Waals surface area contributed by atoms with E-state index in [1.807, 2.05) is 48.8 Å². The molecule has 1 aromatic carbocycles. The van der Waals surface area contributed by atoms with E-state index in [2.05, 4.69) is 28.7 Å². The Labute approximate surface area is 193 Å². The average Bonchev–Trinajstić information content (AvgIpc) is 3.30. The molecule has 0 radical (unpaired) electrons. The average molecular weight is 587 g/mol. The first-order valence-electron chi connectivity index (χ1n) is 10.2. The number of ether oxygens (including phenoxy) is 2. The van der Waals surface area contributed by atoms with E-state index in [9.17, 15) is 4.79 Å². The molecule has 1 aromatic heterocycles. The summed E-state index contributed by atoms with van der Waals surface area (Å²) >= 11 is 1.33. The second kappa shape index (κ2) is 9.19. The minimum absolute atomic E-state index is 0.186. The Morgan fingerprint density at radius 2 is 2.10 bits per heavy atom. The van der Waals surface area contributed by atoms with Gasteiger partial charge >= 0.3 is 179 Å². The summed E-state index contributed by atoms with van der Waals surface area (Å²) in [4.78, 5) is 17.3. The third-order valence-corrected chi connectivity index (χ3v) is 6.25. The van der Waals surface area contributed by atoms with Crippen molar-refractivity contribution in [2.45, 2.75) is 45.4 Å². The number of rotatable bonds is 0. The number of nitrogens with zero attached hydrogens (tertiary/aromatic N) is 2. The predicted octanol–water partition coefficient (Wildman–Crippen LogP) is 3.60. The van der Waals surface area contributed by atoms with E-state index in [0.29, 0.717) is 12.2 Å². The van der Waals surface area contributed by atoms with Crippen LogP contribution in [0.1, 0.15) is 47.6 Å². The monoisotopic (exact) mass is 587 g/mol. The first-order valence-corrected chi connectivity index (χ1v) is 11.7. The number of aryl methyl sites for hydroxylation is 1. The van der Waals surface area contributed by atoms with Gasteiger partial charge in [-0.3, -0.25) is 0 Å². The zero-order chi connectivity index (χ0) is 21.8. The van der Waals surface area contributed by atoms with Crippen molar-refractivity contribution in [3.8, 4) is 5.75 Å². The molecule has 0 fully saturated rings. The SMILES string of the molecule is CC1(C)Cc2cc3c(cc2O1)C(=O)NC=CC=C[C](=[W])c1nccn1CCC=COC3. The zero-order valence-corrected chi connectivity index (χ0v) is 20.6. The minimum atomic E-state index is -0.267. The first kappa shape index (κ1) is 21.5. The summed E-state index contributed by atoms with van der Waals surface area (Å²) in [5.74, 6) is 1.55. The number of allylic oxidation sites excluding steroid dienone is 4. The molecule has 7 heteroatoms. The Hall–Kier alpha value is -2.72. The summed E-state index contributed by atoms with van der Waals surface area (Å²) in [6.45, 7) is 5.25. The molecule has 3 heterocycles. The normalized spacial score (nSPS) is 18.3. The van der Waals surface area contributed by atoms with E-state index in [1.54, 1.807) is 12.5 Å². The molecule has 0 saturated heterocycles. The van der Waals surface area contributed by atoms with E-state index in [4.69, 9.17) is 9.47 Å². The van der Waals surface area contributed by atoms with Gasteiger partial charge in [0.2, 0.25) is 0 Å². The van der Waals surface area contributed by atoms with Gasteiger partial charge in [0.05, 0.1) is 0 Å². The van der Waals surface area contributed by atoms with Crippen LogP contribution >= 0.6 is 0 Å². The fraction of sp³-hybridized carbons (Fsp3) is 0.292. The number of nitrogens with one attached hydrogen (secondary N) is 1. The van der Waals surface area contributed by atoms with E-state index in [1.165, 1.54) is 19.4 Å². The number of imidazole rings is 1. The van der Waals surface area contributed by atoms with Gasteiger partial charge in [-0.25, -0.2) is 0 Å². The van der Waals surface area contributed by atoms with Gasteiger partial charge in [-0.1, -0.05) is 0 Å². The summed E-state index contributed by atoms with van der Waals surface area (Å²) in [6, 6.07) is 3.86. The van der Waals surface area contributed by atoms with Gasteiger partial charge in [0, 0.05) is 0 Å². The number of aromatic nitrogens is 2. The first-order chi connectivity index (χ1) is 14.9. The Bertz CT molecular complexity index is 1100. The van der Waals surface area contributed by atoms with Crippen molar-refractivity contribution >= 4 is 9.81 Å². The number of amides is 1. The van der Waals surface area contributed by atoms with Crippen molar-refractivity contribution in [1.29, 1.82) is 0 Å². The second-order valence-corrected chi connectivity index (χ2v) is 9.71. The van der Waals surface area contributed by atoms with Gasteiger partial charge in [-0.2, -0.15) is 0 Å². The quantitative estimate of drug-likeness (QED) is 0.512. The summed E-state index contributed by atoms with van der Waals surface area (Å²) in [7, 11) is 0. The summed E-state index contributed by atoms with van der Waals surface area (Å²) < 4.78 is 15.1. The fourth-order valence-corrected chi connectivity index (χ4v) is 4.60. The second-order valence-electron chi connectivity index (χ2n) is 8.13. The van der Waals surface area contributed by atoms with Gasteiger partial charge in [-0.05, 0) is 13.8 Å². The van der Waals surface area contributed by atoms with E-state index >= 15 is 0 Å². The van der Waals surface area contributed by atoms with Crippen molar-refractivity contribution in [2.24, 2.45) is 0 Å². The number of fused-ring (bicyclic) bond motifs is 3. The maximum absolute atomic E-state index is 12.9. The zero-order valence-electron chi connectivity index (χ0n) is 17.6. The van der Waals surface area contributed by atoms with Crippen LogP contribution < -0.4 is 10.1 Å². The summed E-state index contributed by atoms with van der Waals surface area (Å²) in [6.07, 6.45) is 16.6. The molecule has 2 aromatic rings. The molecule has 1 amide bonds. The number of hydrogen-bond donors (Lipinski definition) is 1. The number of hydrogen-bond acceptors (Lipinski definition) is 4. The molecule has 0 unspecified atom stereocenters. The molecule has 31 heavy (non-hydrogen) atoms. The van der Waals surface area contributed by atoms with Crippen molar-refractivity contribution in [1.82, 2.24) is 14.9 Å². The van der Waals surface area contributed by atoms with Crippen molar-refractivity contribution < 1.29 is 33.6 Å². The van der Waals surface area contributed by atoms with Gasteiger partial charge < -0.3 is 0 Å². The fourth-order valence-electron chi connectivity index (χ4n) is 3.71. The molecular formula is C24H25N3O3W. The molecule has 0 atom stereocenters. The van der Waals surface area contributed by atoms with E-state index < -0.39 is 0 Å².